The number of carbonyl (C=O) groups excluding carboxylic acids is 2. The number of imidazole rings is 1. The molecule has 5 rings (SSSR count). The average Bonchev–Trinajstić information content (AvgIpc) is 3.48. The van der Waals surface area contributed by atoms with E-state index in [0.29, 0.717) is 29.8 Å². The Kier molecular flexibility index (Phi) is 5.90. The third kappa shape index (κ3) is 4.25. The molecule has 2 aliphatic rings. The van der Waals surface area contributed by atoms with E-state index in [1.165, 1.54) is 19.3 Å². The predicted molar refractivity (Wildman–Crippen MR) is 124 cm³/mol. The van der Waals surface area contributed by atoms with Gasteiger partial charge >= 0.3 is 0 Å². The van der Waals surface area contributed by atoms with Crippen molar-refractivity contribution in [2.45, 2.75) is 57.1 Å². The monoisotopic (exact) mass is 432 g/mol. The summed E-state index contributed by atoms with van der Waals surface area (Å²) in [5, 5.41) is 5.89. The lowest BCUT2D eigenvalue weighted by molar-refractivity contribution is -0.124. The van der Waals surface area contributed by atoms with Crippen molar-refractivity contribution in [3.05, 3.63) is 54.1 Å². The number of carbonyl (C=O) groups is 2. The fourth-order valence-electron chi connectivity index (χ4n) is 4.76. The SMILES string of the molecule is O=C(Nc1nc2ccccc2n1C1CCCCC1)c1cccc(NC(=O)C2CCCO2)c1. The van der Waals surface area contributed by atoms with Crippen LogP contribution >= 0.6 is 0 Å². The van der Waals surface area contributed by atoms with E-state index in [0.717, 1.165) is 36.7 Å². The van der Waals surface area contributed by atoms with Crippen LogP contribution in [0.15, 0.2) is 48.5 Å². The van der Waals surface area contributed by atoms with Crippen LogP contribution in [0.1, 0.15) is 61.3 Å². The average molecular weight is 433 g/mol. The number of rotatable bonds is 5. The number of hydrogen-bond donors (Lipinski definition) is 2. The molecule has 166 valence electrons. The van der Waals surface area contributed by atoms with E-state index >= 15 is 0 Å². The topological polar surface area (TPSA) is 85.3 Å². The first kappa shape index (κ1) is 20.7. The number of hydrogen-bond acceptors (Lipinski definition) is 4. The van der Waals surface area contributed by atoms with Crippen LogP contribution in [0.3, 0.4) is 0 Å². The molecule has 2 aromatic carbocycles. The zero-order valence-corrected chi connectivity index (χ0v) is 18.0. The van der Waals surface area contributed by atoms with E-state index in [9.17, 15) is 9.59 Å². The quantitative estimate of drug-likeness (QED) is 0.600. The summed E-state index contributed by atoms with van der Waals surface area (Å²) in [4.78, 5) is 30.2. The molecule has 0 radical (unpaired) electrons. The molecular formula is C25H28N4O3. The maximum Gasteiger partial charge on any atom is 0.258 e. The molecule has 7 nitrogen and oxygen atoms in total. The first-order valence-corrected chi connectivity index (χ1v) is 11.5. The highest BCUT2D eigenvalue weighted by molar-refractivity contribution is 6.05. The molecule has 1 aromatic heterocycles. The molecule has 1 saturated heterocycles. The lowest BCUT2D eigenvalue weighted by Crippen LogP contribution is -2.27. The standard InChI is InChI=1S/C25H28N4O3/c30-23(17-8-6-9-18(16-17)26-24(31)22-14-7-15-32-22)28-25-27-20-12-4-5-13-21(20)29(25)19-10-2-1-3-11-19/h4-6,8-9,12-13,16,19,22H,1-3,7,10-11,14-15H2,(H,26,31)(H,27,28,30). The van der Waals surface area contributed by atoms with Crippen LogP contribution in [0, 0.1) is 0 Å². The largest absolute Gasteiger partial charge is 0.368 e. The summed E-state index contributed by atoms with van der Waals surface area (Å²) in [6, 6.07) is 15.3. The normalized spacial score (nSPS) is 19.2. The molecule has 2 fully saturated rings. The molecule has 32 heavy (non-hydrogen) atoms. The minimum Gasteiger partial charge on any atom is -0.368 e. The number of anilines is 2. The van der Waals surface area contributed by atoms with Crippen molar-refractivity contribution in [3.63, 3.8) is 0 Å². The highest BCUT2D eigenvalue weighted by Crippen LogP contribution is 2.34. The molecule has 0 spiro atoms. The van der Waals surface area contributed by atoms with Crippen molar-refractivity contribution in [2.24, 2.45) is 0 Å². The van der Waals surface area contributed by atoms with Gasteiger partial charge < -0.3 is 14.6 Å². The van der Waals surface area contributed by atoms with Crippen molar-refractivity contribution < 1.29 is 14.3 Å². The molecule has 1 aliphatic heterocycles. The first-order chi connectivity index (χ1) is 15.7. The Morgan fingerprint density at radius 2 is 1.78 bits per heavy atom. The molecule has 2 N–H and O–H groups in total. The molecule has 1 saturated carbocycles. The lowest BCUT2D eigenvalue weighted by atomic mass is 9.95. The Bertz CT molecular complexity index is 1130. The summed E-state index contributed by atoms with van der Waals surface area (Å²) in [5.74, 6) is 0.168. The highest BCUT2D eigenvalue weighted by atomic mass is 16.5. The molecular weight excluding hydrogens is 404 g/mol. The summed E-state index contributed by atoms with van der Waals surface area (Å²) in [6.45, 7) is 0.614. The van der Waals surface area contributed by atoms with Crippen molar-refractivity contribution in [1.29, 1.82) is 0 Å². The third-order valence-electron chi connectivity index (χ3n) is 6.38. The highest BCUT2D eigenvalue weighted by Gasteiger charge is 2.25. The van der Waals surface area contributed by atoms with E-state index in [1.54, 1.807) is 24.3 Å². The van der Waals surface area contributed by atoms with Gasteiger partial charge in [0.2, 0.25) is 5.95 Å². The second-order valence-electron chi connectivity index (χ2n) is 8.61. The van der Waals surface area contributed by atoms with Crippen LogP contribution in [0.5, 0.6) is 0 Å². The molecule has 3 aromatic rings. The van der Waals surface area contributed by atoms with Crippen LogP contribution < -0.4 is 10.6 Å². The van der Waals surface area contributed by atoms with Gasteiger partial charge in [-0.2, -0.15) is 0 Å². The van der Waals surface area contributed by atoms with Gasteiger partial charge in [-0.05, 0) is 56.0 Å². The van der Waals surface area contributed by atoms with E-state index in [-0.39, 0.29) is 11.8 Å². The van der Waals surface area contributed by atoms with E-state index < -0.39 is 6.10 Å². The number of fused-ring (bicyclic) bond motifs is 1. The van der Waals surface area contributed by atoms with Crippen LogP contribution in [-0.4, -0.2) is 34.1 Å². The minimum atomic E-state index is -0.414. The number of aromatic nitrogens is 2. The van der Waals surface area contributed by atoms with Gasteiger partial charge in [0.05, 0.1) is 11.0 Å². The van der Waals surface area contributed by atoms with Gasteiger partial charge in [-0.15, -0.1) is 0 Å². The first-order valence-electron chi connectivity index (χ1n) is 11.5. The number of nitrogens with zero attached hydrogens (tertiary/aromatic N) is 2. The second-order valence-corrected chi connectivity index (χ2v) is 8.61. The Balaban J connectivity index is 1.37. The molecule has 1 atom stereocenters. The van der Waals surface area contributed by atoms with Crippen LogP contribution in [0.2, 0.25) is 0 Å². The number of nitrogens with one attached hydrogen (secondary N) is 2. The number of benzene rings is 2. The van der Waals surface area contributed by atoms with Gasteiger partial charge in [0.15, 0.2) is 0 Å². The predicted octanol–water partition coefficient (Wildman–Crippen LogP) is 4.91. The van der Waals surface area contributed by atoms with E-state index in [2.05, 4.69) is 21.3 Å². The molecule has 1 unspecified atom stereocenters. The molecule has 7 heteroatoms. The second kappa shape index (κ2) is 9.12. The molecule has 2 heterocycles. The van der Waals surface area contributed by atoms with Crippen LogP contribution in [0.4, 0.5) is 11.6 Å². The Hall–Kier alpha value is -3.19. The zero-order valence-electron chi connectivity index (χ0n) is 18.0. The maximum absolute atomic E-state index is 13.1. The summed E-state index contributed by atoms with van der Waals surface area (Å²) in [7, 11) is 0. The number of ether oxygens (including phenoxy) is 1. The summed E-state index contributed by atoms with van der Waals surface area (Å²) in [6.07, 6.45) is 7.03. The van der Waals surface area contributed by atoms with Gasteiger partial charge in [-0.1, -0.05) is 37.5 Å². The van der Waals surface area contributed by atoms with Crippen molar-refractivity contribution in [2.75, 3.05) is 17.2 Å². The summed E-state index contributed by atoms with van der Waals surface area (Å²) >= 11 is 0. The Morgan fingerprint density at radius 3 is 2.59 bits per heavy atom. The summed E-state index contributed by atoms with van der Waals surface area (Å²) in [5.41, 5.74) is 2.98. The third-order valence-corrected chi connectivity index (χ3v) is 6.38. The van der Waals surface area contributed by atoms with Gasteiger partial charge in [0, 0.05) is 23.9 Å². The zero-order chi connectivity index (χ0) is 21.9. The smallest absolute Gasteiger partial charge is 0.258 e. The Labute approximate surface area is 187 Å². The van der Waals surface area contributed by atoms with Crippen molar-refractivity contribution in [3.8, 4) is 0 Å². The van der Waals surface area contributed by atoms with E-state index in [1.807, 2.05) is 18.2 Å². The van der Waals surface area contributed by atoms with E-state index in [4.69, 9.17) is 9.72 Å². The van der Waals surface area contributed by atoms with Crippen LogP contribution in [-0.2, 0) is 9.53 Å². The molecule has 1 aliphatic carbocycles. The fourth-order valence-corrected chi connectivity index (χ4v) is 4.76. The van der Waals surface area contributed by atoms with Gasteiger partial charge in [-0.3, -0.25) is 14.9 Å². The minimum absolute atomic E-state index is 0.167. The van der Waals surface area contributed by atoms with Crippen molar-refractivity contribution >= 4 is 34.5 Å². The molecule has 2 amide bonds. The van der Waals surface area contributed by atoms with Gasteiger partial charge in [-0.25, -0.2) is 4.98 Å². The maximum atomic E-state index is 13.1. The lowest BCUT2D eigenvalue weighted by Gasteiger charge is -2.25. The van der Waals surface area contributed by atoms with Crippen LogP contribution in [0.25, 0.3) is 11.0 Å². The van der Waals surface area contributed by atoms with Crippen molar-refractivity contribution in [1.82, 2.24) is 9.55 Å². The fraction of sp³-hybridized carbons (Fsp3) is 0.400. The number of para-hydroxylation sites is 2. The summed E-state index contributed by atoms with van der Waals surface area (Å²) < 4.78 is 7.63. The Morgan fingerprint density at radius 1 is 0.938 bits per heavy atom. The molecule has 0 bridgehead atoms. The number of amides is 2. The van der Waals surface area contributed by atoms with Gasteiger partial charge in [0.25, 0.3) is 11.8 Å². The van der Waals surface area contributed by atoms with Gasteiger partial charge in [0.1, 0.15) is 6.10 Å².